The first-order valence-electron chi connectivity index (χ1n) is 23.3. The number of aromatic nitrogens is 3. The molecular formula is C57H54N4O. The molecule has 5 aliphatic rings. The first-order chi connectivity index (χ1) is 30.7. The Balaban J connectivity index is 0.839. The summed E-state index contributed by atoms with van der Waals surface area (Å²) in [7, 11) is 0. The monoisotopic (exact) mass is 810 g/mol. The lowest BCUT2D eigenvalue weighted by Crippen LogP contribution is -2.64. The van der Waals surface area contributed by atoms with Crippen LogP contribution in [0.1, 0.15) is 85.8 Å². The van der Waals surface area contributed by atoms with Crippen LogP contribution in [-0.4, -0.2) is 50.2 Å². The van der Waals surface area contributed by atoms with E-state index in [0.717, 1.165) is 29.5 Å². The van der Waals surface area contributed by atoms with Crippen molar-refractivity contribution >= 4 is 0 Å². The smallest absolute Gasteiger partial charge is 0.164 e. The second-order valence-electron chi connectivity index (χ2n) is 18.9. The third-order valence-corrected chi connectivity index (χ3v) is 15.6. The van der Waals surface area contributed by atoms with Crippen molar-refractivity contribution < 1.29 is 4.74 Å². The van der Waals surface area contributed by atoms with Crippen molar-refractivity contribution in [2.45, 2.75) is 99.5 Å². The summed E-state index contributed by atoms with van der Waals surface area (Å²) in [6.45, 7) is 0. The third kappa shape index (κ3) is 7.00. The predicted molar refractivity (Wildman–Crippen MR) is 248 cm³/mol. The fourth-order valence-corrected chi connectivity index (χ4v) is 12.8. The van der Waals surface area contributed by atoms with Gasteiger partial charge in [0.2, 0.25) is 0 Å². The van der Waals surface area contributed by atoms with Gasteiger partial charge in [0, 0.05) is 34.8 Å². The minimum Gasteiger partial charge on any atom is -0.372 e. The average molecular weight is 811 g/mol. The number of hydrogen-bond donors (Lipinski definition) is 0. The number of morpholine rings is 1. The summed E-state index contributed by atoms with van der Waals surface area (Å²) in [4.78, 5) is 18.1. The lowest BCUT2D eigenvalue weighted by molar-refractivity contribution is -0.181. The van der Waals surface area contributed by atoms with Gasteiger partial charge in [0.1, 0.15) is 0 Å². The lowest BCUT2D eigenvalue weighted by Gasteiger charge is -2.55. The Morgan fingerprint density at radius 1 is 0.371 bits per heavy atom. The van der Waals surface area contributed by atoms with E-state index in [1.807, 2.05) is 36.4 Å². The van der Waals surface area contributed by atoms with Gasteiger partial charge in [0.05, 0.1) is 12.2 Å². The summed E-state index contributed by atoms with van der Waals surface area (Å²) in [6, 6.07) is 63.1. The largest absolute Gasteiger partial charge is 0.372 e. The summed E-state index contributed by atoms with van der Waals surface area (Å²) in [6.07, 6.45) is 10.5. The average Bonchev–Trinajstić information content (AvgIpc) is 3.69. The molecule has 308 valence electrons. The van der Waals surface area contributed by atoms with E-state index in [-0.39, 0.29) is 0 Å². The zero-order valence-corrected chi connectivity index (χ0v) is 35.3. The van der Waals surface area contributed by atoms with E-state index in [0.29, 0.717) is 77.4 Å². The summed E-state index contributed by atoms with van der Waals surface area (Å²) < 4.78 is 7.41. The molecule has 3 aliphatic carbocycles. The number of hydrogen-bond acceptors (Lipinski definition) is 5. The summed E-state index contributed by atoms with van der Waals surface area (Å²) in [5.41, 5.74) is 9.88. The molecule has 2 saturated heterocycles. The Labute approximate surface area is 366 Å². The molecule has 0 bridgehead atoms. The van der Waals surface area contributed by atoms with Gasteiger partial charge in [-0.3, -0.25) is 4.90 Å². The Morgan fingerprint density at radius 3 is 1.50 bits per heavy atom. The van der Waals surface area contributed by atoms with Crippen LogP contribution in [0.3, 0.4) is 0 Å². The van der Waals surface area contributed by atoms with Gasteiger partial charge in [-0.25, -0.2) is 15.0 Å². The highest BCUT2D eigenvalue weighted by Gasteiger charge is 2.61. The van der Waals surface area contributed by atoms with E-state index in [1.54, 1.807) is 0 Å². The third-order valence-electron chi connectivity index (χ3n) is 15.6. The van der Waals surface area contributed by atoms with E-state index in [2.05, 4.69) is 138 Å². The van der Waals surface area contributed by atoms with Gasteiger partial charge in [-0.1, -0.05) is 164 Å². The van der Waals surface area contributed by atoms with Crippen LogP contribution in [0.5, 0.6) is 0 Å². The normalized spacial score (nSPS) is 29.0. The quantitative estimate of drug-likeness (QED) is 0.160. The van der Waals surface area contributed by atoms with Crippen LogP contribution in [0.25, 0.3) is 45.3 Å². The van der Waals surface area contributed by atoms with Crippen LogP contribution in [0, 0.1) is 11.8 Å². The first-order valence-corrected chi connectivity index (χ1v) is 23.3. The van der Waals surface area contributed by atoms with Crippen LogP contribution in [0.15, 0.2) is 170 Å². The van der Waals surface area contributed by atoms with Gasteiger partial charge in [-0.05, 0) is 115 Å². The molecule has 10 unspecified atom stereocenters. The highest BCUT2D eigenvalue weighted by atomic mass is 16.5. The molecular weight excluding hydrogens is 757 g/mol. The molecule has 3 heterocycles. The van der Waals surface area contributed by atoms with Gasteiger partial charge in [-0.15, -0.1) is 0 Å². The molecule has 0 amide bonds. The van der Waals surface area contributed by atoms with Crippen molar-refractivity contribution in [3.8, 4) is 45.3 Å². The number of fused-ring (bicyclic) bond motifs is 5. The van der Waals surface area contributed by atoms with Gasteiger partial charge in [0.25, 0.3) is 0 Å². The van der Waals surface area contributed by atoms with E-state index in [4.69, 9.17) is 19.7 Å². The highest BCUT2D eigenvalue weighted by molar-refractivity contribution is 5.73. The van der Waals surface area contributed by atoms with Crippen molar-refractivity contribution in [1.29, 1.82) is 0 Å². The molecule has 7 aromatic rings. The van der Waals surface area contributed by atoms with Crippen LogP contribution in [0.4, 0.5) is 0 Å². The predicted octanol–water partition coefficient (Wildman–Crippen LogP) is 12.8. The molecule has 10 atom stereocenters. The molecule has 12 rings (SSSR count). The molecule has 5 fully saturated rings. The van der Waals surface area contributed by atoms with E-state index in [1.165, 1.54) is 66.3 Å². The van der Waals surface area contributed by atoms with Crippen molar-refractivity contribution in [1.82, 2.24) is 19.9 Å². The minimum absolute atomic E-state index is 0.311. The van der Waals surface area contributed by atoms with Crippen LogP contribution in [0.2, 0.25) is 0 Å². The van der Waals surface area contributed by atoms with Crippen LogP contribution < -0.4 is 0 Å². The molecule has 62 heavy (non-hydrogen) atoms. The maximum atomic E-state index is 7.41. The number of nitrogens with zero attached hydrogens (tertiary/aromatic N) is 4. The maximum absolute atomic E-state index is 7.41. The summed E-state index contributed by atoms with van der Waals surface area (Å²) in [5.74, 6) is 5.11. The van der Waals surface area contributed by atoms with Crippen LogP contribution in [-0.2, 0) is 4.74 Å². The maximum Gasteiger partial charge on any atom is 0.164 e. The topological polar surface area (TPSA) is 51.1 Å². The number of ether oxygens (including phenoxy) is 1. The first kappa shape index (κ1) is 38.0. The van der Waals surface area contributed by atoms with Gasteiger partial charge in [-0.2, -0.15) is 0 Å². The second-order valence-corrected chi connectivity index (χ2v) is 18.9. The van der Waals surface area contributed by atoms with Gasteiger partial charge < -0.3 is 4.74 Å². The van der Waals surface area contributed by atoms with E-state index >= 15 is 0 Å². The van der Waals surface area contributed by atoms with Crippen molar-refractivity contribution in [3.63, 3.8) is 0 Å². The molecule has 2 aliphatic heterocycles. The van der Waals surface area contributed by atoms with E-state index in [9.17, 15) is 0 Å². The Bertz CT molecular complexity index is 2600. The molecule has 0 radical (unpaired) electrons. The second kappa shape index (κ2) is 16.2. The van der Waals surface area contributed by atoms with Crippen molar-refractivity contribution in [3.05, 3.63) is 187 Å². The van der Waals surface area contributed by atoms with Gasteiger partial charge >= 0.3 is 0 Å². The zero-order chi connectivity index (χ0) is 41.0. The lowest BCUT2D eigenvalue weighted by atomic mass is 9.65. The minimum atomic E-state index is 0.311. The molecule has 1 aromatic heterocycles. The molecule has 0 spiro atoms. The Hall–Kier alpha value is -5.75. The van der Waals surface area contributed by atoms with Crippen LogP contribution >= 0.6 is 0 Å². The Kier molecular flexibility index (Phi) is 9.91. The number of benzene rings is 6. The zero-order valence-electron chi connectivity index (χ0n) is 35.3. The molecule has 3 saturated carbocycles. The SMILES string of the molecule is c1ccc(-c2nc(-c3ccccc3)nc(-c3cccc(-c4cccc(C5CCC6C(C5)C5CC(c7ccccc7)CC7OC8CC(c9ccccc9)CCC8N6C75)c4)c3)n2)cc1. The Morgan fingerprint density at radius 2 is 0.839 bits per heavy atom. The molecule has 0 N–H and O–H groups in total. The molecule has 5 heteroatoms. The fraction of sp³-hybridized carbons (Fsp3) is 0.316. The summed E-state index contributed by atoms with van der Waals surface area (Å²) in [5, 5.41) is 0. The van der Waals surface area contributed by atoms with Crippen molar-refractivity contribution in [2.24, 2.45) is 11.8 Å². The molecule has 6 aromatic carbocycles. The molecule has 5 nitrogen and oxygen atoms in total. The summed E-state index contributed by atoms with van der Waals surface area (Å²) >= 11 is 0. The fourth-order valence-electron chi connectivity index (χ4n) is 12.8. The van der Waals surface area contributed by atoms with E-state index < -0.39 is 0 Å². The number of rotatable bonds is 7. The van der Waals surface area contributed by atoms with Gasteiger partial charge in [0.15, 0.2) is 17.5 Å². The standard InChI is InChI=1S/C57H54N4O/c1-5-15-37(16-6-1)45-28-30-51-52(35-45)62-53-36-47(38-17-7-2-8-18-38)34-49-48-33-44(27-29-50(48)61(51)54(49)53)42-24-13-23-41(31-42)43-25-14-26-46(32-43)57-59-55(39-19-9-3-10-20-39)58-56(60-57)40-21-11-4-12-22-40/h1-26,31-32,44-45,47-54H,27-30,33-36H2. The van der Waals surface area contributed by atoms with Crippen molar-refractivity contribution in [2.75, 3.05) is 0 Å². The highest BCUT2D eigenvalue weighted by Crippen LogP contribution is 2.59.